The Labute approximate surface area is 110 Å². The molecule has 0 heterocycles. The Hall–Kier alpha value is -1.30. The van der Waals surface area contributed by atoms with E-state index in [-0.39, 0.29) is 6.61 Å². The molecule has 1 aromatic carbocycles. The third-order valence-electron chi connectivity index (χ3n) is 2.50. The summed E-state index contributed by atoms with van der Waals surface area (Å²) in [6, 6.07) is 7.92. The largest absolute Gasteiger partial charge is 0.384 e. The number of hydrogen-bond acceptors (Lipinski definition) is 2. The molecule has 0 aromatic heterocycles. The van der Waals surface area contributed by atoms with Crippen molar-refractivity contribution in [2.24, 2.45) is 5.41 Å². The SMILES string of the molecule is CC(C)(C)CCOCc1cccc(C#CCO)c1. The van der Waals surface area contributed by atoms with Gasteiger partial charge in [-0.15, -0.1) is 0 Å². The maximum Gasteiger partial charge on any atom is 0.104 e. The van der Waals surface area contributed by atoms with Crippen LogP contribution in [0, 0.1) is 17.3 Å². The van der Waals surface area contributed by atoms with Gasteiger partial charge in [-0.2, -0.15) is 0 Å². The molecule has 0 bridgehead atoms. The summed E-state index contributed by atoms with van der Waals surface area (Å²) in [5.74, 6) is 5.54. The van der Waals surface area contributed by atoms with E-state index in [1.54, 1.807) is 0 Å². The first-order chi connectivity index (χ1) is 8.51. The van der Waals surface area contributed by atoms with E-state index in [1.165, 1.54) is 0 Å². The first-order valence-electron chi connectivity index (χ1n) is 6.28. The molecule has 0 radical (unpaired) electrons. The molecular weight excluding hydrogens is 224 g/mol. The van der Waals surface area contributed by atoms with Crippen LogP contribution < -0.4 is 0 Å². The van der Waals surface area contributed by atoms with E-state index in [4.69, 9.17) is 9.84 Å². The molecule has 0 saturated carbocycles. The third kappa shape index (κ3) is 6.44. The smallest absolute Gasteiger partial charge is 0.104 e. The second-order valence-electron chi connectivity index (χ2n) is 5.52. The summed E-state index contributed by atoms with van der Waals surface area (Å²) in [7, 11) is 0. The van der Waals surface area contributed by atoms with Gasteiger partial charge in [-0.3, -0.25) is 0 Å². The highest BCUT2D eigenvalue weighted by Gasteiger charge is 2.09. The van der Waals surface area contributed by atoms with E-state index in [0.717, 1.165) is 24.2 Å². The van der Waals surface area contributed by atoms with Crippen LogP contribution in [0.2, 0.25) is 0 Å². The number of aliphatic hydroxyl groups is 1. The van der Waals surface area contributed by atoms with Gasteiger partial charge in [0.15, 0.2) is 0 Å². The lowest BCUT2D eigenvalue weighted by atomic mass is 9.93. The molecule has 1 rings (SSSR count). The Bertz CT molecular complexity index is 419. The van der Waals surface area contributed by atoms with Crippen molar-refractivity contribution in [3.63, 3.8) is 0 Å². The normalized spacial score (nSPS) is 10.9. The predicted molar refractivity (Wildman–Crippen MR) is 74.1 cm³/mol. The minimum atomic E-state index is -0.105. The fourth-order valence-corrected chi connectivity index (χ4v) is 1.45. The zero-order chi connectivity index (χ0) is 13.4. The average Bonchev–Trinajstić information content (AvgIpc) is 2.31. The maximum absolute atomic E-state index is 8.65. The molecule has 0 aliphatic rings. The van der Waals surface area contributed by atoms with Crippen molar-refractivity contribution in [1.82, 2.24) is 0 Å². The quantitative estimate of drug-likeness (QED) is 0.653. The van der Waals surface area contributed by atoms with Crippen molar-refractivity contribution < 1.29 is 9.84 Å². The van der Waals surface area contributed by atoms with Crippen molar-refractivity contribution in [1.29, 1.82) is 0 Å². The van der Waals surface area contributed by atoms with Gasteiger partial charge in [0, 0.05) is 12.2 Å². The first kappa shape index (κ1) is 14.8. The van der Waals surface area contributed by atoms with E-state index in [2.05, 4.69) is 32.6 Å². The summed E-state index contributed by atoms with van der Waals surface area (Å²) in [6.45, 7) is 7.91. The van der Waals surface area contributed by atoms with Gasteiger partial charge in [-0.05, 0) is 29.5 Å². The van der Waals surface area contributed by atoms with Crippen LogP contribution in [0.3, 0.4) is 0 Å². The van der Waals surface area contributed by atoms with E-state index in [9.17, 15) is 0 Å². The zero-order valence-electron chi connectivity index (χ0n) is 11.5. The van der Waals surface area contributed by atoms with Crippen LogP contribution in [0.1, 0.15) is 38.3 Å². The Morgan fingerprint density at radius 1 is 1.28 bits per heavy atom. The van der Waals surface area contributed by atoms with Crippen LogP contribution in [-0.4, -0.2) is 18.3 Å². The van der Waals surface area contributed by atoms with Gasteiger partial charge in [0.25, 0.3) is 0 Å². The summed E-state index contributed by atoms with van der Waals surface area (Å²) < 4.78 is 5.66. The Balaban J connectivity index is 2.43. The van der Waals surface area contributed by atoms with Crippen LogP contribution in [0.25, 0.3) is 0 Å². The van der Waals surface area contributed by atoms with Crippen LogP contribution in [-0.2, 0) is 11.3 Å². The van der Waals surface area contributed by atoms with Crippen LogP contribution in [0.4, 0.5) is 0 Å². The molecule has 2 heteroatoms. The first-order valence-corrected chi connectivity index (χ1v) is 6.28. The van der Waals surface area contributed by atoms with Gasteiger partial charge >= 0.3 is 0 Å². The molecular formula is C16H22O2. The summed E-state index contributed by atoms with van der Waals surface area (Å²) in [6.07, 6.45) is 1.05. The molecule has 1 aromatic rings. The molecule has 0 spiro atoms. The van der Waals surface area contributed by atoms with Crippen LogP contribution in [0.5, 0.6) is 0 Å². The zero-order valence-corrected chi connectivity index (χ0v) is 11.5. The van der Waals surface area contributed by atoms with Crippen LogP contribution >= 0.6 is 0 Å². The van der Waals surface area contributed by atoms with Gasteiger partial charge in [0.05, 0.1) is 6.61 Å². The molecule has 2 nitrogen and oxygen atoms in total. The topological polar surface area (TPSA) is 29.5 Å². The van der Waals surface area contributed by atoms with E-state index >= 15 is 0 Å². The van der Waals surface area contributed by atoms with Crippen LogP contribution in [0.15, 0.2) is 24.3 Å². The monoisotopic (exact) mass is 246 g/mol. The lowest BCUT2D eigenvalue weighted by Crippen LogP contribution is -2.09. The molecule has 0 fully saturated rings. The van der Waals surface area contributed by atoms with Gasteiger partial charge in [-0.1, -0.05) is 44.7 Å². The maximum atomic E-state index is 8.65. The highest BCUT2D eigenvalue weighted by atomic mass is 16.5. The lowest BCUT2D eigenvalue weighted by molar-refractivity contribution is 0.0962. The predicted octanol–water partition coefficient (Wildman–Crippen LogP) is 2.98. The highest BCUT2D eigenvalue weighted by Crippen LogP contribution is 2.18. The summed E-state index contributed by atoms with van der Waals surface area (Å²) in [5, 5.41) is 8.65. The molecule has 18 heavy (non-hydrogen) atoms. The highest BCUT2D eigenvalue weighted by molar-refractivity contribution is 5.36. The fraction of sp³-hybridized carbons (Fsp3) is 0.500. The fourth-order valence-electron chi connectivity index (χ4n) is 1.45. The Morgan fingerprint density at radius 2 is 2.06 bits per heavy atom. The Morgan fingerprint density at radius 3 is 2.72 bits per heavy atom. The molecule has 0 aliphatic carbocycles. The van der Waals surface area contributed by atoms with Gasteiger partial charge in [0.1, 0.15) is 6.61 Å². The van der Waals surface area contributed by atoms with Gasteiger partial charge in [0.2, 0.25) is 0 Å². The molecule has 98 valence electrons. The second kappa shape index (κ2) is 7.20. The lowest BCUT2D eigenvalue weighted by Gasteiger charge is -2.17. The van der Waals surface area contributed by atoms with E-state index in [0.29, 0.717) is 12.0 Å². The molecule has 1 N–H and O–H groups in total. The standard InChI is InChI=1S/C16H22O2/c1-16(2,3)9-11-18-13-15-7-4-6-14(12-15)8-5-10-17/h4,6-7,12,17H,9-11,13H2,1-3H3. The van der Waals surface area contributed by atoms with E-state index in [1.807, 2.05) is 24.3 Å². The molecule has 0 saturated heterocycles. The average molecular weight is 246 g/mol. The Kier molecular flexibility index (Phi) is 5.91. The van der Waals surface area contributed by atoms with Crippen molar-refractivity contribution >= 4 is 0 Å². The van der Waals surface area contributed by atoms with Gasteiger partial charge < -0.3 is 9.84 Å². The van der Waals surface area contributed by atoms with Crippen molar-refractivity contribution in [2.45, 2.75) is 33.8 Å². The summed E-state index contributed by atoms with van der Waals surface area (Å²) >= 11 is 0. The van der Waals surface area contributed by atoms with Crippen molar-refractivity contribution in [3.8, 4) is 11.8 Å². The number of ether oxygens (including phenoxy) is 1. The summed E-state index contributed by atoms with van der Waals surface area (Å²) in [5.41, 5.74) is 2.35. The number of hydrogen-bond donors (Lipinski definition) is 1. The minimum absolute atomic E-state index is 0.105. The molecule has 0 atom stereocenters. The molecule has 0 amide bonds. The van der Waals surface area contributed by atoms with E-state index < -0.39 is 0 Å². The molecule has 0 aliphatic heterocycles. The number of benzene rings is 1. The number of aliphatic hydroxyl groups excluding tert-OH is 1. The number of rotatable bonds is 4. The summed E-state index contributed by atoms with van der Waals surface area (Å²) in [4.78, 5) is 0. The van der Waals surface area contributed by atoms with Gasteiger partial charge in [-0.25, -0.2) is 0 Å². The second-order valence-corrected chi connectivity index (χ2v) is 5.52. The van der Waals surface area contributed by atoms with Crippen molar-refractivity contribution in [2.75, 3.05) is 13.2 Å². The molecule has 0 unspecified atom stereocenters. The van der Waals surface area contributed by atoms with Crippen molar-refractivity contribution in [3.05, 3.63) is 35.4 Å². The third-order valence-corrected chi connectivity index (χ3v) is 2.50. The minimum Gasteiger partial charge on any atom is -0.384 e.